The molecule has 1 unspecified atom stereocenters. The lowest BCUT2D eigenvalue weighted by molar-refractivity contribution is 0.595. The Morgan fingerprint density at radius 3 is 2.95 bits per heavy atom. The van der Waals surface area contributed by atoms with Crippen LogP contribution in [0.1, 0.15) is 44.5 Å². The molecule has 1 saturated carbocycles. The third kappa shape index (κ3) is 2.77. The molecule has 0 saturated heterocycles. The van der Waals surface area contributed by atoms with Gasteiger partial charge in [-0.15, -0.1) is 0 Å². The molecule has 3 nitrogen and oxygen atoms in total. The van der Waals surface area contributed by atoms with E-state index < -0.39 is 0 Å². The fourth-order valence-corrected chi connectivity index (χ4v) is 2.79. The van der Waals surface area contributed by atoms with Crippen molar-refractivity contribution in [1.29, 1.82) is 0 Å². The standard InChI is InChI=1S/C15H20ClN3/c1-10(17)3-2-4-15-18-13-9-11(16)5-8-14(13)19(15)12-6-7-12/h5,8-10,12H,2-4,6-7,17H2,1H3. The minimum atomic E-state index is 0.271. The van der Waals surface area contributed by atoms with Crippen LogP contribution in [0.5, 0.6) is 0 Å². The quantitative estimate of drug-likeness (QED) is 0.906. The van der Waals surface area contributed by atoms with Crippen LogP contribution in [0.25, 0.3) is 11.0 Å². The molecule has 102 valence electrons. The molecule has 0 amide bonds. The van der Waals surface area contributed by atoms with Gasteiger partial charge in [0, 0.05) is 23.5 Å². The van der Waals surface area contributed by atoms with Gasteiger partial charge in [0.15, 0.2) is 0 Å². The number of fused-ring (bicyclic) bond motifs is 1. The molecule has 1 heterocycles. The molecule has 0 bridgehead atoms. The molecule has 19 heavy (non-hydrogen) atoms. The number of benzene rings is 1. The summed E-state index contributed by atoms with van der Waals surface area (Å²) in [7, 11) is 0. The average molecular weight is 278 g/mol. The number of rotatable bonds is 5. The van der Waals surface area contributed by atoms with E-state index in [1.165, 1.54) is 24.2 Å². The molecule has 1 aliphatic carbocycles. The van der Waals surface area contributed by atoms with E-state index in [1.54, 1.807) is 0 Å². The van der Waals surface area contributed by atoms with Gasteiger partial charge in [0.05, 0.1) is 11.0 Å². The van der Waals surface area contributed by atoms with Crippen molar-refractivity contribution in [2.24, 2.45) is 5.73 Å². The van der Waals surface area contributed by atoms with Gasteiger partial charge in [-0.2, -0.15) is 0 Å². The molecule has 3 rings (SSSR count). The van der Waals surface area contributed by atoms with Crippen molar-refractivity contribution in [1.82, 2.24) is 9.55 Å². The summed E-state index contributed by atoms with van der Waals surface area (Å²) >= 11 is 6.06. The topological polar surface area (TPSA) is 43.8 Å². The van der Waals surface area contributed by atoms with Gasteiger partial charge in [0.2, 0.25) is 0 Å². The fourth-order valence-electron chi connectivity index (χ4n) is 2.62. The van der Waals surface area contributed by atoms with Crippen LogP contribution in [0.2, 0.25) is 5.02 Å². The van der Waals surface area contributed by atoms with Crippen molar-refractivity contribution in [3.63, 3.8) is 0 Å². The lowest BCUT2D eigenvalue weighted by atomic mass is 10.1. The Balaban J connectivity index is 1.91. The highest BCUT2D eigenvalue weighted by atomic mass is 35.5. The summed E-state index contributed by atoms with van der Waals surface area (Å²) in [6, 6.07) is 6.93. The summed E-state index contributed by atoms with van der Waals surface area (Å²) in [4.78, 5) is 4.77. The molecule has 1 aromatic heterocycles. The smallest absolute Gasteiger partial charge is 0.110 e. The lowest BCUT2D eigenvalue weighted by Gasteiger charge is -2.08. The van der Waals surface area contributed by atoms with Crippen LogP contribution >= 0.6 is 11.6 Å². The van der Waals surface area contributed by atoms with Gasteiger partial charge >= 0.3 is 0 Å². The summed E-state index contributed by atoms with van der Waals surface area (Å²) in [5.74, 6) is 1.19. The van der Waals surface area contributed by atoms with E-state index >= 15 is 0 Å². The number of nitrogens with zero attached hydrogens (tertiary/aromatic N) is 2. The zero-order valence-corrected chi connectivity index (χ0v) is 12.0. The first kappa shape index (κ1) is 12.9. The molecular weight excluding hydrogens is 258 g/mol. The van der Waals surface area contributed by atoms with Gasteiger partial charge in [0.25, 0.3) is 0 Å². The Bertz CT molecular complexity index is 584. The van der Waals surface area contributed by atoms with E-state index in [0.29, 0.717) is 6.04 Å². The van der Waals surface area contributed by atoms with Crippen LogP contribution in [0.4, 0.5) is 0 Å². The van der Waals surface area contributed by atoms with Crippen LogP contribution in [0.15, 0.2) is 18.2 Å². The minimum absolute atomic E-state index is 0.271. The SMILES string of the molecule is CC(N)CCCc1nc2cc(Cl)ccc2n1C1CC1. The Labute approximate surface area is 118 Å². The monoisotopic (exact) mass is 277 g/mol. The Kier molecular flexibility index (Phi) is 3.50. The molecule has 1 aliphatic rings. The Morgan fingerprint density at radius 1 is 1.47 bits per heavy atom. The normalized spacial score (nSPS) is 17.0. The van der Waals surface area contributed by atoms with Crippen LogP contribution in [0.3, 0.4) is 0 Å². The third-order valence-corrected chi connectivity index (χ3v) is 3.93. The van der Waals surface area contributed by atoms with Gasteiger partial charge in [-0.1, -0.05) is 11.6 Å². The zero-order valence-electron chi connectivity index (χ0n) is 11.3. The lowest BCUT2D eigenvalue weighted by Crippen LogP contribution is -2.15. The maximum Gasteiger partial charge on any atom is 0.110 e. The highest BCUT2D eigenvalue weighted by molar-refractivity contribution is 6.31. The first-order valence-electron chi connectivity index (χ1n) is 7.07. The molecule has 0 aliphatic heterocycles. The number of aromatic nitrogens is 2. The van der Waals surface area contributed by atoms with Crippen molar-refractivity contribution in [3.8, 4) is 0 Å². The third-order valence-electron chi connectivity index (χ3n) is 3.70. The van der Waals surface area contributed by atoms with Gasteiger partial charge in [-0.3, -0.25) is 0 Å². The summed E-state index contributed by atoms with van der Waals surface area (Å²) in [6.07, 6.45) is 5.70. The summed E-state index contributed by atoms with van der Waals surface area (Å²) in [6.45, 7) is 2.06. The molecule has 1 aromatic carbocycles. The van der Waals surface area contributed by atoms with E-state index in [-0.39, 0.29) is 6.04 Å². The number of imidazole rings is 1. The van der Waals surface area contributed by atoms with E-state index in [0.717, 1.165) is 29.8 Å². The molecular formula is C15H20ClN3. The number of nitrogens with two attached hydrogens (primary N) is 1. The minimum Gasteiger partial charge on any atom is -0.328 e. The van der Waals surface area contributed by atoms with E-state index in [2.05, 4.69) is 17.6 Å². The highest BCUT2D eigenvalue weighted by Gasteiger charge is 2.27. The van der Waals surface area contributed by atoms with E-state index in [9.17, 15) is 0 Å². The largest absolute Gasteiger partial charge is 0.328 e. The molecule has 0 spiro atoms. The predicted molar refractivity (Wildman–Crippen MR) is 79.6 cm³/mol. The van der Waals surface area contributed by atoms with E-state index in [1.807, 2.05) is 12.1 Å². The Morgan fingerprint density at radius 2 is 2.26 bits per heavy atom. The summed E-state index contributed by atoms with van der Waals surface area (Å²) < 4.78 is 2.41. The van der Waals surface area contributed by atoms with Gasteiger partial charge in [0.1, 0.15) is 5.82 Å². The first-order chi connectivity index (χ1) is 9.15. The summed E-state index contributed by atoms with van der Waals surface area (Å²) in [5.41, 5.74) is 8.07. The fraction of sp³-hybridized carbons (Fsp3) is 0.533. The van der Waals surface area contributed by atoms with Crippen LogP contribution in [-0.4, -0.2) is 15.6 Å². The zero-order chi connectivity index (χ0) is 13.4. The second-order valence-corrected chi connectivity index (χ2v) is 6.07. The van der Waals surface area contributed by atoms with Gasteiger partial charge < -0.3 is 10.3 Å². The Hall–Kier alpha value is -1.06. The van der Waals surface area contributed by atoms with Gasteiger partial charge in [-0.05, 0) is 50.8 Å². The number of halogens is 1. The predicted octanol–water partition coefficient (Wildman–Crippen LogP) is 3.69. The highest BCUT2D eigenvalue weighted by Crippen LogP contribution is 2.39. The van der Waals surface area contributed by atoms with Crippen molar-refractivity contribution in [2.75, 3.05) is 0 Å². The van der Waals surface area contributed by atoms with Gasteiger partial charge in [-0.25, -0.2) is 4.98 Å². The molecule has 4 heteroatoms. The van der Waals surface area contributed by atoms with Crippen LogP contribution in [0, 0.1) is 0 Å². The molecule has 2 aromatic rings. The van der Waals surface area contributed by atoms with Crippen LogP contribution < -0.4 is 5.73 Å². The maximum atomic E-state index is 6.06. The van der Waals surface area contributed by atoms with Crippen molar-refractivity contribution in [2.45, 2.75) is 51.1 Å². The maximum absolute atomic E-state index is 6.06. The average Bonchev–Trinajstić information content (AvgIpc) is 3.11. The second-order valence-electron chi connectivity index (χ2n) is 5.63. The van der Waals surface area contributed by atoms with Crippen LogP contribution in [-0.2, 0) is 6.42 Å². The van der Waals surface area contributed by atoms with Crippen molar-refractivity contribution >= 4 is 22.6 Å². The summed E-state index contributed by atoms with van der Waals surface area (Å²) in [5, 5.41) is 0.759. The number of hydrogen-bond donors (Lipinski definition) is 1. The molecule has 2 N–H and O–H groups in total. The number of aryl methyl sites for hydroxylation is 1. The number of hydrogen-bond acceptors (Lipinski definition) is 2. The second kappa shape index (κ2) is 5.14. The van der Waals surface area contributed by atoms with E-state index in [4.69, 9.17) is 22.3 Å². The van der Waals surface area contributed by atoms with Crippen molar-refractivity contribution < 1.29 is 0 Å². The first-order valence-corrected chi connectivity index (χ1v) is 7.45. The molecule has 1 fully saturated rings. The molecule has 1 atom stereocenters. The molecule has 0 radical (unpaired) electrons. The van der Waals surface area contributed by atoms with Crippen molar-refractivity contribution in [3.05, 3.63) is 29.0 Å².